The second kappa shape index (κ2) is 6.95. The van der Waals surface area contributed by atoms with E-state index in [4.69, 9.17) is 15.4 Å². The minimum Gasteiger partial charge on any atom is -0.381 e. The lowest BCUT2D eigenvalue weighted by Crippen LogP contribution is -2.21. The highest BCUT2D eigenvalue weighted by atomic mass is 35.7. The molecule has 0 unspecified atom stereocenters. The van der Waals surface area contributed by atoms with Crippen molar-refractivity contribution in [2.24, 2.45) is 0 Å². The molecule has 0 aliphatic heterocycles. The zero-order valence-electron chi connectivity index (χ0n) is 12.0. The van der Waals surface area contributed by atoms with Crippen LogP contribution in [0.4, 0.5) is 5.69 Å². The van der Waals surface area contributed by atoms with Gasteiger partial charge in [0.2, 0.25) is 10.0 Å². The van der Waals surface area contributed by atoms with Crippen LogP contribution in [-0.2, 0) is 23.8 Å². The van der Waals surface area contributed by atoms with E-state index in [0.717, 1.165) is 0 Å². The molecule has 0 bridgehead atoms. The van der Waals surface area contributed by atoms with Crippen molar-refractivity contribution in [2.75, 3.05) is 23.7 Å². The Kier molecular flexibility index (Phi) is 6.03. The molecule has 0 saturated carbocycles. The highest BCUT2D eigenvalue weighted by Crippen LogP contribution is 2.27. The molecular weight excluding hydrogens is 338 g/mol. The van der Waals surface area contributed by atoms with Crippen molar-refractivity contribution in [2.45, 2.75) is 25.7 Å². The summed E-state index contributed by atoms with van der Waals surface area (Å²) in [6, 6.07) is 2.66. The van der Waals surface area contributed by atoms with Crippen LogP contribution in [0.3, 0.4) is 0 Å². The Morgan fingerprint density at radius 2 is 1.67 bits per heavy atom. The summed E-state index contributed by atoms with van der Waals surface area (Å²) >= 11 is 0. The number of hydrogen-bond donors (Lipinski definition) is 1. The third-order valence-electron chi connectivity index (χ3n) is 2.75. The van der Waals surface area contributed by atoms with Crippen LogP contribution in [0.25, 0.3) is 0 Å². The van der Waals surface area contributed by atoms with Gasteiger partial charge < -0.3 is 4.74 Å². The number of rotatable bonds is 7. The van der Waals surface area contributed by atoms with Crippen molar-refractivity contribution in [3.05, 3.63) is 23.3 Å². The predicted octanol–water partition coefficient (Wildman–Crippen LogP) is 2.01. The van der Waals surface area contributed by atoms with Crippen LogP contribution in [0, 0.1) is 13.8 Å². The number of benzene rings is 1. The number of aryl methyl sites for hydroxylation is 2. The summed E-state index contributed by atoms with van der Waals surface area (Å²) in [7, 11) is -2.12. The van der Waals surface area contributed by atoms with E-state index in [9.17, 15) is 16.8 Å². The first-order valence-corrected chi connectivity index (χ1v) is 10.2. The lowest BCUT2D eigenvalue weighted by atomic mass is 10.1. The minimum atomic E-state index is -3.85. The maximum absolute atomic E-state index is 11.9. The number of halogens is 1. The molecule has 0 radical (unpaired) electrons. The molecule has 0 aliphatic rings. The third kappa shape index (κ3) is 5.46. The van der Waals surface area contributed by atoms with E-state index in [1.54, 1.807) is 20.8 Å². The summed E-state index contributed by atoms with van der Waals surface area (Å²) in [6.45, 7) is 5.53. The quantitative estimate of drug-likeness (QED) is 0.597. The Hall–Kier alpha value is -0.830. The summed E-state index contributed by atoms with van der Waals surface area (Å²) in [6.07, 6.45) is 0. The first kappa shape index (κ1) is 18.2. The van der Waals surface area contributed by atoms with Crippen molar-refractivity contribution < 1.29 is 21.6 Å². The highest BCUT2D eigenvalue weighted by Gasteiger charge is 2.17. The van der Waals surface area contributed by atoms with Gasteiger partial charge in [0.15, 0.2) is 0 Å². The molecule has 0 atom stereocenters. The summed E-state index contributed by atoms with van der Waals surface area (Å²) < 4.78 is 54.0. The van der Waals surface area contributed by atoms with Crippen LogP contribution < -0.4 is 4.72 Å². The van der Waals surface area contributed by atoms with Gasteiger partial charge >= 0.3 is 0 Å². The van der Waals surface area contributed by atoms with Crippen molar-refractivity contribution in [3.63, 3.8) is 0 Å². The second-order valence-electron chi connectivity index (χ2n) is 4.49. The Labute approximate surface area is 129 Å². The zero-order chi connectivity index (χ0) is 16.3. The van der Waals surface area contributed by atoms with Gasteiger partial charge in [0, 0.05) is 17.3 Å². The summed E-state index contributed by atoms with van der Waals surface area (Å²) in [5.74, 6) is -0.171. The molecule has 9 heteroatoms. The van der Waals surface area contributed by atoms with Crippen LogP contribution in [0.1, 0.15) is 18.1 Å². The van der Waals surface area contributed by atoms with Crippen LogP contribution in [-0.4, -0.2) is 35.8 Å². The van der Waals surface area contributed by atoms with Crippen molar-refractivity contribution in [1.82, 2.24) is 0 Å². The van der Waals surface area contributed by atoms with Crippen molar-refractivity contribution >= 4 is 35.4 Å². The highest BCUT2D eigenvalue weighted by molar-refractivity contribution is 8.13. The van der Waals surface area contributed by atoms with E-state index >= 15 is 0 Å². The predicted molar refractivity (Wildman–Crippen MR) is 82.9 cm³/mol. The summed E-state index contributed by atoms with van der Waals surface area (Å²) in [4.78, 5) is -0.0589. The van der Waals surface area contributed by atoms with Crippen LogP contribution in [0.2, 0.25) is 0 Å². The topological polar surface area (TPSA) is 89.5 Å². The molecule has 1 aromatic rings. The molecule has 1 aromatic carbocycles. The number of ether oxygens (including phenoxy) is 1. The molecule has 0 amide bonds. The van der Waals surface area contributed by atoms with Crippen LogP contribution >= 0.6 is 10.7 Å². The van der Waals surface area contributed by atoms with Gasteiger partial charge in [-0.3, -0.25) is 4.72 Å². The molecule has 0 aromatic heterocycles. The Morgan fingerprint density at radius 1 is 1.14 bits per heavy atom. The maximum Gasteiger partial charge on any atom is 0.261 e. The van der Waals surface area contributed by atoms with Crippen LogP contribution in [0.15, 0.2) is 17.0 Å². The normalized spacial score (nSPS) is 12.4. The standard InChI is InChI=1S/C12H18ClNO5S2/c1-4-19-5-6-20(15,16)14-12-9(2)7-11(8-10(12)3)21(13,17)18/h7-8,14H,4-6H2,1-3H3. The Bertz CT molecular complexity index is 690. The average molecular weight is 356 g/mol. The Morgan fingerprint density at radius 3 is 2.10 bits per heavy atom. The van der Waals surface area contributed by atoms with Gasteiger partial charge in [0.25, 0.3) is 9.05 Å². The maximum atomic E-state index is 11.9. The molecular formula is C12H18ClNO5S2. The molecule has 0 aliphatic carbocycles. The third-order valence-corrected chi connectivity index (χ3v) is 5.30. The lowest BCUT2D eigenvalue weighted by molar-refractivity contribution is 0.163. The molecule has 0 heterocycles. The smallest absolute Gasteiger partial charge is 0.261 e. The number of sulfonamides is 1. The fraction of sp³-hybridized carbons (Fsp3) is 0.500. The van der Waals surface area contributed by atoms with Gasteiger partial charge in [-0.25, -0.2) is 16.8 Å². The number of hydrogen-bond acceptors (Lipinski definition) is 5. The number of anilines is 1. The Balaban J connectivity index is 3.05. The van der Waals surface area contributed by atoms with Gasteiger partial charge in [-0.05, 0) is 44.0 Å². The van der Waals surface area contributed by atoms with Crippen LogP contribution in [0.5, 0.6) is 0 Å². The fourth-order valence-corrected chi connectivity index (χ4v) is 3.72. The van der Waals surface area contributed by atoms with Gasteiger partial charge in [0.1, 0.15) is 0 Å². The molecule has 0 spiro atoms. The lowest BCUT2D eigenvalue weighted by Gasteiger charge is -2.14. The molecule has 1 N–H and O–H groups in total. The van der Waals surface area contributed by atoms with Crippen molar-refractivity contribution in [1.29, 1.82) is 0 Å². The molecule has 120 valence electrons. The minimum absolute atomic E-state index is 0.0589. The van der Waals surface area contributed by atoms with Gasteiger partial charge in [-0.15, -0.1) is 0 Å². The van der Waals surface area contributed by atoms with Crippen molar-refractivity contribution in [3.8, 4) is 0 Å². The summed E-state index contributed by atoms with van der Waals surface area (Å²) in [5.41, 5.74) is 1.32. The van der Waals surface area contributed by atoms with Gasteiger partial charge in [0.05, 0.1) is 22.9 Å². The molecule has 1 rings (SSSR count). The van der Waals surface area contributed by atoms with Gasteiger partial charge in [-0.2, -0.15) is 0 Å². The first-order valence-electron chi connectivity index (χ1n) is 6.21. The molecule has 6 nitrogen and oxygen atoms in total. The van der Waals surface area contributed by atoms with E-state index in [2.05, 4.69) is 4.72 Å². The monoisotopic (exact) mass is 355 g/mol. The zero-order valence-corrected chi connectivity index (χ0v) is 14.4. The second-order valence-corrected chi connectivity index (χ2v) is 8.90. The van der Waals surface area contributed by atoms with E-state index in [0.29, 0.717) is 23.4 Å². The van der Waals surface area contributed by atoms with E-state index in [1.165, 1.54) is 12.1 Å². The number of nitrogens with one attached hydrogen (secondary N) is 1. The first-order chi connectivity index (χ1) is 9.57. The SMILES string of the molecule is CCOCCS(=O)(=O)Nc1c(C)cc(S(=O)(=O)Cl)cc1C. The van der Waals surface area contributed by atoms with Gasteiger partial charge in [-0.1, -0.05) is 0 Å². The van der Waals surface area contributed by atoms with E-state index in [1.807, 2.05) is 0 Å². The molecule has 21 heavy (non-hydrogen) atoms. The van der Waals surface area contributed by atoms with E-state index < -0.39 is 19.1 Å². The summed E-state index contributed by atoms with van der Waals surface area (Å²) in [5, 5.41) is 0. The molecule has 0 saturated heterocycles. The largest absolute Gasteiger partial charge is 0.381 e. The molecule has 0 fully saturated rings. The van der Waals surface area contributed by atoms with E-state index in [-0.39, 0.29) is 17.3 Å². The average Bonchev–Trinajstić information content (AvgIpc) is 2.32. The fourth-order valence-electron chi connectivity index (χ4n) is 1.75.